The first-order chi connectivity index (χ1) is 8.13. The van der Waals surface area contributed by atoms with Gasteiger partial charge in [0.05, 0.1) is 5.56 Å². The Morgan fingerprint density at radius 2 is 2.35 bits per heavy atom. The van der Waals surface area contributed by atoms with Crippen molar-refractivity contribution in [3.8, 4) is 0 Å². The SMILES string of the molecule is Cc1cccc(C(=O)N2CCC(CN)C2)c1Br. The third-order valence-corrected chi connectivity index (χ3v) is 4.38. The molecule has 1 heterocycles. The van der Waals surface area contributed by atoms with Gasteiger partial charge in [0.2, 0.25) is 0 Å². The monoisotopic (exact) mass is 296 g/mol. The zero-order valence-electron chi connectivity index (χ0n) is 9.95. The van der Waals surface area contributed by atoms with Gasteiger partial charge in [0.1, 0.15) is 0 Å². The molecule has 1 unspecified atom stereocenters. The van der Waals surface area contributed by atoms with Gasteiger partial charge in [0.15, 0.2) is 0 Å². The van der Waals surface area contributed by atoms with Gasteiger partial charge in [0, 0.05) is 17.6 Å². The van der Waals surface area contributed by atoms with Gasteiger partial charge >= 0.3 is 0 Å². The molecule has 1 fully saturated rings. The van der Waals surface area contributed by atoms with Crippen LogP contribution in [0.2, 0.25) is 0 Å². The molecular weight excluding hydrogens is 280 g/mol. The van der Waals surface area contributed by atoms with Gasteiger partial charge in [-0.3, -0.25) is 4.79 Å². The first kappa shape index (κ1) is 12.6. The number of aryl methyl sites for hydroxylation is 1. The molecule has 1 atom stereocenters. The molecule has 1 aliphatic rings. The number of rotatable bonds is 2. The highest BCUT2D eigenvalue weighted by molar-refractivity contribution is 9.10. The molecule has 1 aliphatic heterocycles. The lowest BCUT2D eigenvalue weighted by atomic mass is 10.1. The van der Waals surface area contributed by atoms with Crippen LogP contribution in [0.5, 0.6) is 0 Å². The number of hydrogen-bond donors (Lipinski definition) is 1. The lowest BCUT2D eigenvalue weighted by Gasteiger charge is -2.17. The fourth-order valence-corrected chi connectivity index (χ4v) is 2.63. The molecule has 92 valence electrons. The standard InChI is InChI=1S/C13H17BrN2O/c1-9-3-2-4-11(12(9)14)13(17)16-6-5-10(7-15)8-16/h2-4,10H,5-8,15H2,1H3. The van der Waals surface area contributed by atoms with Crippen LogP contribution in [-0.4, -0.2) is 30.4 Å². The minimum Gasteiger partial charge on any atom is -0.338 e. The Morgan fingerprint density at radius 1 is 1.59 bits per heavy atom. The van der Waals surface area contributed by atoms with Crippen LogP contribution in [0.25, 0.3) is 0 Å². The number of benzene rings is 1. The quantitative estimate of drug-likeness (QED) is 0.909. The predicted molar refractivity (Wildman–Crippen MR) is 71.9 cm³/mol. The van der Waals surface area contributed by atoms with E-state index in [1.54, 1.807) is 0 Å². The van der Waals surface area contributed by atoms with E-state index in [1.807, 2.05) is 30.0 Å². The van der Waals surface area contributed by atoms with E-state index in [9.17, 15) is 4.79 Å². The van der Waals surface area contributed by atoms with E-state index in [1.165, 1.54) is 0 Å². The molecule has 0 radical (unpaired) electrons. The van der Waals surface area contributed by atoms with Crippen molar-refractivity contribution in [2.45, 2.75) is 13.3 Å². The molecule has 3 nitrogen and oxygen atoms in total. The highest BCUT2D eigenvalue weighted by atomic mass is 79.9. The molecule has 0 spiro atoms. The molecule has 2 N–H and O–H groups in total. The van der Waals surface area contributed by atoms with Crippen molar-refractivity contribution in [1.82, 2.24) is 4.90 Å². The second-order valence-electron chi connectivity index (χ2n) is 4.58. The van der Waals surface area contributed by atoms with Crippen molar-refractivity contribution in [2.75, 3.05) is 19.6 Å². The molecule has 4 heteroatoms. The summed E-state index contributed by atoms with van der Waals surface area (Å²) < 4.78 is 0.904. The Balaban J connectivity index is 2.18. The third kappa shape index (κ3) is 2.53. The van der Waals surface area contributed by atoms with Crippen LogP contribution in [0.3, 0.4) is 0 Å². The number of carbonyl (C=O) groups is 1. The van der Waals surface area contributed by atoms with Crippen molar-refractivity contribution in [2.24, 2.45) is 11.7 Å². The Hall–Kier alpha value is -0.870. The van der Waals surface area contributed by atoms with Crippen LogP contribution >= 0.6 is 15.9 Å². The molecule has 0 aliphatic carbocycles. The first-order valence-corrected chi connectivity index (χ1v) is 6.67. The zero-order valence-corrected chi connectivity index (χ0v) is 11.5. The molecule has 0 aromatic heterocycles. The summed E-state index contributed by atoms with van der Waals surface area (Å²) in [6, 6.07) is 5.78. The van der Waals surface area contributed by atoms with E-state index in [4.69, 9.17) is 5.73 Å². The number of amides is 1. The van der Waals surface area contributed by atoms with Crippen molar-refractivity contribution in [3.05, 3.63) is 33.8 Å². The minimum absolute atomic E-state index is 0.108. The van der Waals surface area contributed by atoms with Crippen LogP contribution < -0.4 is 5.73 Å². The van der Waals surface area contributed by atoms with E-state index in [2.05, 4.69) is 15.9 Å². The van der Waals surface area contributed by atoms with E-state index in [0.717, 1.165) is 35.1 Å². The Kier molecular flexibility index (Phi) is 3.84. The Bertz CT molecular complexity index is 433. The lowest BCUT2D eigenvalue weighted by molar-refractivity contribution is 0.0786. The third-order valence-electron chi connectivity index (χ3n) is 3.33. The molecule has 1 aromatic carbocycles. The van der Waals surface area contributed by atoms with Crippen molar-refractivity contribution in [3.63, 3.8) is 0 Å². The molecule has 2 rings (SSSR count). The Labute approximate surface area is 110 Å². The summed E-state index contributed by atoms with van der Waals surface area (Å²) >= 11 is 3.49. The molecular formula is C13H17BrN2O. The number of carbonyl (C=O) groups excluding carboxylic acids is 1. The molecule has 1 amide bonds. The van der Waals surface area contributed by atoms with Gasteiger partial charge in [-0.2, -0.15) is 0 Å². The second-order valence-corrected chi connectivity index (χ2v) is 5.37. The largest absolute Gasteiger partial charge is 0.338 e. The summed E-state index contributed by atoms with van der Waals surface area (Å²) in [6.07, 6.45) is 1.02. The maximum absolute atomic E-state index is 12.3. The van der Waals surface area contributed by atoms with Crippen LogP contribution in [0, 0.1) is 12.8 Å². The van der Waals surface area contributed by atoms with Gasteiger partial charge in [-0.25, -0.2) is 0 Å². The maximum Gasteiger partial charge on any atom is 0.255 e. The van der Waals surface area contributed by atoms with Gasteiger partial charge in [0.25, 0.3) is 5.91 Å². The van der Waals surface area contributed by atoms with Crippen LogP contribution in [-0.2, 0) is 0 Å². The average Bonchev–Trinajstić information content (AvgIpc) is 2.80. The Morgan fingerprint density at radius 3 is 3.00 bits per heavy atom. The van der Waals surface area contributed by atoms with E-state index >= 15 is 0 Å². The second kappa shape index (κ2) is 5.19. The van der Waals surface area contributed by atoms with Crippen LogP contribution in [0.4, 0.5) is 0 Å². The van der Waals surface area contributed by atoms with Crippen molar-refractivity contribution >= 4 is 21.8 Å². The van der Waals surface area contributed by atoms with E-state index in [-0.39, 0.29) is 5.91 Å². The highest BCUT2D eigenvalue weighted by Gasteiger charge is 2.27. The topological polar surface area (TPSA) is 46.3 Å². The van der Waals surface area contributed by atoms with Gasteiger partial charge in [-0.15, -0.1) is 0 Å². The summed E-state index contributed by atoms with van der Waals surface area (Å²) in [5.74, 6) is 0.569. The number of nitrogens with two attached hydrogens (primary N) is 1. The van der Waals surface area contributed by atoms with Gasteiger partial charge < -0.3 is 10.6 Å². The number of likely N-dealkylation sites (tertiary alicyclic amines) is 1. The fourth-order valence-electron chi connectivity index (χ4n) is 2.19. The molecule has 0 saturated carbocycles. The first-order valence-electron chi connectivity index (χ1n) is 5.88. The zero-order chi connectivity index (χ0) is 12.4. The summed E-state index contributed by atoms with van der Waals surface area (Å²) in [6.45, 7) is 4.27. The van der Waals surface area contributed by atoms with Crippen LogP contribution in [0.1, 0.15) is 22.3 Å². The number of nitrogens with zero attached hydrogens (tertiary/aromatic N) is 1. The van der Waals surface area contributed by atoms with Gasteiger partial charge in [-0.1, -0.05) is 12.1 Å². The van der Waals surface area contributed by atoms with Crippen LogP contribution in [0.15, 0.2) is 22.7 Å². The molecule has 17 heavy (non-hydrogen) atoms. The van der Waals surface area contributed by atoms with Gasteiger partial charge in [-0.05, 0) is 53.4 Å². The average molecular weight is 297 g/mol. The van der Waals surface area contributed by atoms with Crippen molar-refractivity contribution < 1.29 is 4.79 Å². The van der Waals surface area contributed by atoms with E-state index in [0.29, 0.717) is 12.5 Å². The lowest BCUT2D eigenvalue weighted by Crippen LogP contribution is -2.30. The van der Waals surface area contributed by atoms with E-state index < -0.39 is 0 Å². The number of hydrogen-bond acceptors (Lipinski definition) is 2. The van der Waals surface area contributed by atoms with Crippen molar-refractivity contribution in [1.29, 1.82) is 0 Å². The summed E-state index contributed by atoms with van der Waals surface area (Å²) in [7, 11) is 0. The molecule has 0 bridgehead atoms. The summed E-state index contributed by atoms with van der Waals surface area (Å²) in [5.41, 5.74) is 7.48. The maximum atomic E-state index is 12.3. The minimum atomic E-state index is 0.108. The molecule has 1 aromatic rings. The normalized spacial score (nSPS) is 19.7. The predicted octanol–water partition coefficient (Wildman–Crippen LogP) is 2.18. The highest BCUT2D eigenvalue weighted by Crippen LogP contribution is 2.25. The summed E-state index contributed by atoms with van der Waals surface area (Å²) in [5, 5.41) is 0. The number of halogens is 1. The summed E-state index contributed by atoms with van der Waals surface area (Å²) in [4.78, 5) is 14.2. The molecule has 1 saturated heterocycles. The smallest absolute Gasteiger partial charge is 0.255 e. The fraction of sp³-hybridized carbons (Fsp3) is 0.462.